The molecule has 244 valence electrons. The van der Waals surface area contributed by atoms with Crippen LogP contribution in [0.1, 0.15) is 54.5 Å². The summed E-state index contributed by atoms with van der Waals surface area (Å²) in [6, 6.07) is 10.9. The largest absolute Gasteiger partial charge is 0.554 e. The first kappa shape index (κ1) is 34.0. The summed E-state index contributed by atoms with van der Waals surface area (Å²) in [5.74, 6) is -0.0332. The summed E-state index contributed by atoms with van der Waals surface area (Å²) >= 11 is 0. The fraction of sp³-hybridized carbons (Fsp3) is 0.406. The number of fused-ring (bicyclic) bond motifs is 1. The molecule has 0 radical (unpaired) electrons. The highest BCUT2D eigenvalue weighted by atomic mass is 19.4. The van der Waals surface area contributed by atoms with Gasteiger partial charge in [0.1, 0.15) is 6.04 Å². The van der Waals surface area contributed by atoms with Crippen LogP contribution in [0.3, 0.4) is 0 Å². The number of rotatable bonds is 8. The van der Waals surface area contributed by atoms with E-state index in [0.717, 1.165) is 35.3 Å². The third kappa shape index (κ3) is 6.99. The molecule has 2 aliphatic rings. The minimum atomic E-state index is -4.61. The number of benzene rings is 2. The van der Waals surface area contributed by atoms with Crippen LogP contribution in [0.2, 0.25) is 0 Å². The number of halogens is 3. The maximum Gasteiger partial charge on any atom is 0.416 e. The number of nitrogens with zero attached hydrogens (tertiary/aromatic N) is 5. The molecule has 46 heavy (non-hydrogen) atoms. The zero-order chi connectivity index (χ0) is 33.8. The first-order chi connectivity index (χ1) is 21.8. The number of quaternary nitrogens is 1. The van der Waals surface area contributed by atoms with Gasteiger partial charge >= 0.3 is 17.8 Å². The molecule has 1 N–H and O–H groups in total. The summed E-state index contributed by atoms with van der Waals surface area (Å²) in [4.78, 5) is 36.4. The van der Waals surface area contributed by atoms with Crippen LogP contribution in [0.5, 0.6) is 0 Å². The zero-order valence-electron chi connectivity index (χ0n) is 25.9. The van der Waals surface area contributed by atoms with E-state index >= 15 is 0 Å². The third-order valence-electron chi connectivity index (χ3n) is 8.51. The molecule has 0 unspecified atom stereocenters. The molecule has 14 heteroatoms. The maximum atomic E-state index is 13.6. The van der Waals surface area contributed by atoms with Crippen LogP contribution in [0.25, 0.3) is 0 Å². The van der Waals surface area contributed by atoms with E-state index in [0.29, 0.717) is 23.5 Å². The zero-order valence-corrected chi connectivity index (χ0v) is 25.9. The number of esters is 1. The monoisotopic (exact) mass is 640 g/mol. The van der Waals surface area contributed by atoms with E-state index in [2.05, 4.69) is 30.4 Å². The second-order valence-electron chi connectivity index (χ2n) is 12.0. The number of aromatic nitrogens is 3. The number of hydrogen-bond acceptors (Lipinski definition) is 8. The molecule has 0 amide bonds. The number of ether oxygens (including phenoxy) is 1. The molecular weight excluding hydrogens is 605 g/mol. The van der Waals surface area contributed by atoms with Gasteiger partial charge in [-0.3, -0.25) is 4.90 Å². The van der Waals surface area contributed by atoms with Crippen molar-refractivity contribution in [2.24, 2.45) is 5.92 Å². The number of nitrogens with one attached hydrogen (secondary N) is 1. The molecule has 0 spiro atoms. The highest BCUT2D eigenvalue weighted by Gasteiger charge is 2.41. The van der Waals surface area contributed by atoms with Gasteiger partial charge in [0.05, 0.1) is 57.1 Å². The number of methoxy groups -OCH3 is 1. The fourth-order valence-electron chi connectivity index (χ4n) is 6.13. The van der Waals surface area contributed by atoms with Gasteiger partial charge in [-0.1, -0.05) is 18.6 Å². The van der Waals surface area contributed by atoms with Gasteiger partial charge in [-0.05, 0) is 61.2 Å². The van der Waals surface area contributed by atoms with Crippen molar-refractivity contribution in [3.63, 3.8) is 0 Å². The molecule has 1 aliphatic heterocycles. The van der Waals surface area contributed by atoms with Gasteiger partial charge in [0.2, 0.25) is 5.95 Å². The standard InChI is InChI=1S/C31H33F3N6O3.CH2O2/c1-19-26(28(41)43-4)27(25-12-11-21(17-35)15-22(25)13-14-40(2,3)18-20-7-5-8-20)39-29(36-37-30(39)42)38(19)24-10-6-9-23(16-24)31(32,33)34;2-1-3/h6,9-12,15-16,20,27H,5,7-8,13-14,18H2,1-4H3;1H,(H,2,3)/t27-;/m1./s1. The Balaban J connectivity index is 0.00000154. The van der Waals surface area contributed by atoms with Crippen molar-refractivity contribution in [1.29, 1.82) is 5.26 Å². The fourth-order valence-corrected chi connectivity index (χ4v) is 6.13. The van der Waals surface area contributed by atoms with Gasteiger partial charge < -0.3 is 19.1 Å². The Morgan fingerprint density at radius 3 is 2.52 bits per heavy atom. The van der Waals surface area contributed by atoms with E-state index in [4.69, 9.17) is 14.6 Å². The lowest BCUT2D eigenvalue weighted by molar-refractivity contribution is -0.894. The predicted octanol–water partition coefficient (Wildman–Crippen LogP) is 3.44. The number of carboxylic acid groups (broad SMARTS) is 1. The second kappa shape index (κ2) is 13.6. The van der Waals surface area contributed by atoms with E-state index < -0.39 is 35.9 Å². The van der Waals surface area contributed by atoms with Gasteiger partial charge in [-0.2, -0.15) is 18.4 Å². The molecular formula is C32H35F3N6O5. The van der Waals surface area contributed by atoms with E-state index in [-0.39, 0.29) is 22.9 Å². The topological polar surface area (TPSA) is 144 Å². The molecule has 11 nitrogen and oxygen atoms in total. The van der Waals surface area contributed by atoms with Crippen molar-refractivity contribution in [1.82, 2.24) is 14.8 Å². The summed E-state index contributed by atoms with van der Waals surface area (Å²) in [5, 5.41) is 24.5. The van der Waals surface area contributed by atoms with Crippen molar-refractivity contribution < 1.29 is 37.1 Å². The molecule has 0 bridgehead atoms. The first-order valence-corrected chi connectivity index (χ1v) is 14.6. The molecule has 1 aromatic heterocycles. The number of H-pyrrole nitrogens is 1. The van der Waals surface area contributed by atoms with Gasteiger partial charge in [-0.15, -0.1) is 5.10 Å². The van der Waals surface area contributed by atoms with Crippen LogP contribution in [-0.2, 0) is 26.9 Å². The van der Waals surface area contributed by atoms with Crippen molar-refractivity contribution in [3.05, 3.63) is 86.5 Å². The normalized spacial score (nSPS) is 16.5. The number of aromatic amines is 1. The molecule has 2 heterocycles. The first-order valence-electron chi connectivity index (χ1n) is 14.6. The molecule has 5 rings (SSSR count). The average Bonchev–Trinajstić information content (AvgIpc) is 3.37. The minimum absolute atomic E-state index is 0.0240. The van der Waals surface area contributed by atoms with E-state index in [1.807, 2.05) is 0 Å². The number of hydrogen-bond donors (Lipinski definition) is 1. The van der Waals surface area contributed by atoms with Crippen LogP contribution in [0.4, 0.5) is 24.8 Å². The Labute approximate surface area is 263 Å². The Kier molecular flexibility index (Phi) is 10.1. The molecule has 1 saturated carbocycles. The average molecular weight is 641 g/mol. The van der Waals surface area contributed by atoms with Gasteiger partial charge in [-0.25, -0.2) is 19.3 Å². The summed E-state index contributed by atoms with van der Waals surface area (Å²) in [6.07, 6.45) is -0.347. The van der Waals surface area contributed by atoms with Gasteiger partial charge in [0.15, 0.2) is 0 Å². The second-order valence-corrected chi connectivity index (χ2v) is 12.0. The maximum absolute atomic E-state index is 13.6. The van der Waals surface area contributed by atoms with E-state index in [1.165, 1.54) is 48.0 Å². The van der Waals surface area contributed by atoms with Crippen LogP contribution >= 0.6 is 0 Å². The third-order valence-corrected chi connectivity index (χ3v) is 8.51. The smallest absolute Gasteiger partial charge is 0.416 e. The lowest BCUT2D eigenvalue weighted by Gasteiger charge is -2.38. The Morgan fingerprint density at radius 1 is 1.24 bits per heavy atom. The lowest BCUT2D eigenvalue weighted by Crippen LogP contribution is -2.46. The van der Waals surface area contributed by atoms with Crippen LogP contribution < -0.4 is 15.7 Å². The predicted molar refractivity (Wildman–Crippen MR) is 159 cm³/mol. The number of likely N-dealkylation sites (N-methyl/N-ethyl adjacent to an activating group) is 1. The molecule has 1 fully saturated rings. The van der Waals surface area contributed by atoms with Crippen LogP contribution in [0, 0.1) is 17.2 Å². The van der Waals surface area contributed by atoms with Gasteiger partial charge in [0, 0.05) is 30.2 Å². The summed E-state index contributed by atoms with van der Waals surface area (Å²) in [5.41, 5.74) is 0.694. The number of allylic oxidation sites excluding steroid dienone is 1. The molecule has 1 aliphatic carbocycles. The highest BCUT2D eigenvalue weighted by molar-refractivity contribution is 5.93. The van der Waals surface area contributed by atoms with Crippen LogP contribution in [0.15, 0.2) is 58.5 Å². The number of carbonyl (C=O) groups excluding carboxylic acids is 2. The summed E-state index contributed by atoms with van der Waals surface area (Å²) < 4.78 is 48.1. The van der Waals surface area contributed by atoms with E-state index in [9.17, 15) is 28.0 Å². The van der Waals surface area contributed by atoms with Crippen molar-refractivity contribution in [3.8, 4) is 6.07 Å². The minimum Gasteiger partial charge on any atom is -0.554 e. The quantitative estimate of drug-likeness (QED) is 0.224. The van der Waals surface area contributed by atoms with Crippen molar-refractivity contribution >= 4 is 24.1 Å². The summed E-state index contributed by atoms with van der Waals surface area (Å²) in [7, 11) is 5.55. The Hall–Kier alpha value is -4.90. The molecule has 2 aromatic carbocycles. The van der Waals surface area contributed by atoms with Crippen molar-refractivity contribution in [2.75, 3.05) is 39.2 Å². The highest BCUT2D eigenvalue weighted by Crippen LogP contribution is 2.43. The Bertz CT molecular complexity index is 1730. The van der Waals surface area contributed by atoms with Crippen molar-refractivity contribution in [2.45, 2.75) is 44.8 Å². The van der Waals surface area contributed by atoms with E-state index in [1.54, 1.807) is 25.1 Å². The summed E-state index contributed by atoms with van der Waals surface area (Å²) in [6.45, 7) is 2.87. The SMILES string of the molecule is COC(=O)C1=C(C)N(c2cccc(C(F)(F)F)c2)c2n[nH]c(=O)n2[C@@H]1c1ccc(C#N)cc1CC[N+](C)(C)CC1CCC1.O=C[O-]. The Morgan fingerprint density at radius 2 is 1.93 bits per heavy atom. The molecule has 3 aromatic rings. The number of carbonyl (C=O) groups is 2. The number of alkyl halides is 3. The van der Waals surface area contributed by atoms with Crippen LogP contribution in [-0.4, -0.2) is 66.0 Å². The van der Waals surface area contributed by atoms with Gasteiger partial charge in [0.25, 0.3) is 0 Å². The molecule has 0 saturated heterocycles. The number of nitriles is 1. The lowest BCUT2D eigenvalue weighted by atomic mass is 9.84. The number of anilines is 2. The molecule has 1 atom stereocenters.